The Morgan fingerprint density at radius 1 is 1.30 bits per heavy atom. The fourth-order valence-corrected chi connectivity index (χ4v) is 2.78. The highest BCUT2D eigenvalue weighted by Gasteiger charge is 2.13. The topological polar surface area (TPSA) is 59.3 Å². The summed E-state index contributed by atoms with van der Waals surface area (Å²) in [7, 11) is 1.64. The number of fused-ring (bicyclic) bond motifs is 1. The second-order valence-corrected chi connectivity index (χ2v) is 5.65. The lowest BCUT2D eigenvalue weighted by Gasteiger charge is -2.09. The van der Waals surface area contributed by atoms with E-state index < -0.39 is 0 Å². The minimum atomic E-state index is 0.644. The van der Waals surface area contributed by atoms with Crippen molar-refractivity contribution in [3.63, 3.8) is 0 Å². The first kappa shape index (κ1) is 15.3. The van der Waals surface area contributed by atoms with Crippen LogP contribution in [0.15, 0.2) is 64.5 Å². The van der Waals surface area contributed by atoms with Crippen molar-refractivity contribution in [1.29, 1.82) is 0 Å². The summed E-state index contributed by atoms with van der Waals surface area (Å²) in [4.78, 5) is 1.10. The molecule has 0 unspecified atom stereocenters. The highest BCUT2D eigenvalue weighted by molar-refractivity contribution is 8.00. The minimum absolute atomic E-state index is 0.644. The maximum atomic E-state index is 5.44. The monoisotopic (exact) mass is 327 g/mol. The molecular weight excluding hydrogens is 310 g/mol. The van der Waals surface area contributed by atoms with Gasteiger partial charge in [-0.15, -0.1) is 6.58 Å². The predicted octanol–water partition coefficient (Wildman–Crippen LogP) is 4.55. The molecule has 0 spiro atoms. The molecule has 0 radical (unpaired) electrons. The molecule has 1 heterocycles. The molecule has 0 atom stereocenters. The average molecular weight is 327 g/mol. The van der Waals surface area contributed by atoms with Crippen LogP contribution in [0.25, 0.3) is 11.0 Å². The van der Waals surface area contributed by atoms with E-state index in [1.165, 1.54) is 11.9 Å². The first-order valence-electron chi connectivity index (χ1n) is 7.12. The first-order valence-corrected chi connectivity index (χ1v) is 7.93. The molecule has 0 amide bonds. The molecule has 23 heavy (non-hydrogen) atoms. The van der Waals surface area contributed by atoms with Crippen LogP contribution >= 0.6 is 11.9 Å². The molecular formula is C17H17N3O2S. The maximum absolute atomic E-state index is 5.44. The van der Waals surface area contributed by atoms with Gasteiger partial charge in [0, 0.05) is 17.5 Å². The fraction of sp³-hybridized carbons (Fsp3) is 0.118. The van der Waals surface area contributed by atoms with Gasteiger partial charge in [0.05, 0.1) is 18.2 Å². The van der Waals surface area contributed by atoms with Gasteiger partial charge in [-0.3, -0.25) is 0 Å². The zero-order valence-electron chi connectivity index (χ0n) is 12.7. The number of aromatic nitrogens is 1. The fourth-order valence-electron chi connectivity index (χ4n) is 2.12. The van der Waals surface area contributed by atoms with Crippen molar-refractivity contribution in [2.75, 3.05) is 23.7 Å². The molecule has 0 bridgehead atoms. The molecule has 3 aromatic rings. The quantitative estimate of drug-likeness (QED) is 0.490. The second kappa shape index (κ2) is 7.11. The summed E-state index contributed by atoms with van der Waals surface area (Å²) in [5.41, 5.74) is 1.53. The Labute approximate surface area is 138 Å². The predicted molar refractivity (Wildman–Crippen MR) is 95.2 cm³/mol. The van der Waals surface area contributed by atoms with Gasteiger partial charge in [0.15, 0.2) is 11.4 Å². The van der Waals surface area contributed by atoms with E-state index >= 15 is 0 Å². The summed E-state index contributed by atoms with van der Waals surface area (Å²) >= 11 is 1.48. The number of anilines is 2. The van der Waals surface area contributed by atoms with Crippen LogP contribution in [0.1, 0.15) is 0 Å². The molecule has 0 aliphatic heterocycles. The van der Waals surface area contributed by atoms with Crippen molar-refractivity contribution < 1.29 is 9.26 Å². The van der Waals surface area contributed by atoms with E-state index in [-0.39, 0.29) is 0 Å². The third-order valence-corrected chi connectivity index (χ3v) is 4.04. The van der Waals surface area contributed by atoms with E-state index in [1.54, 1.807) is 13.2 Å². The van der Waals surface area contributed by atoms with Gasteiger partial charge in [0.25, 0.3) is 0 Å². The Bertz CT molecular complexity index is 802. The average Bonchev–Trinajstić information content (AvgIpc) is 3.00. The van der Waals surface area contributed by atoms with Gasteiger partial charge in [-0.2, -0.15) is 0 Å². The zero-order chi connectivity index (χ0) is 16.1. The Morgan fingerprint density at radius 3 is 2.87 bits per heavy atom. The van der Waals surface area contributed by atoms with E-state index in [0.717, 1.165) is 21.7 Å². The van der Waals surface area contributed by atoms with Gasteiger partial charge < -0.3 is 19.3 Å². The number of benzene rings is 2. The standard InChI is InChI=1S/C17H17N3O2S/c1-3-9-18-14-11-15-13(10-16(14)21-2)17(19-22-15)20-23-12-7-5-4-6-8-12/h3-8,10-11,18H,1,9H2,2H3,(H,19,20). The van der Waals surface area contributed by atoms with Crippen LogP contribution in [0.5, 0.6) is 5.75 Å². The number of hydrogen-bond donors (Lipinski definition) is 2. The van der Waals surface area contributed by atoms with Crippen LogP contribution in [-0.2, 0) is 0 Å². The summed E-state index contributed by atoms with van der Waals surface area (Å²) in [6.45, 7) is 4.34. The largest absolute Gasteiger partial charge is 0.495 e. The molecule has 0 saturated heterocycles. The number of nitrogens with zero attached hydrogens (tertiary/aromatic N) is 1. The molecule has 0 aliphatic carbocycles. The van der Waals surface area contributed by atoms with Crippen LogP contribution in [0.3, 0.4) is 0 Å². The van der Waals surface area contributed by atoms with E-state index in [9.17, 15) is 0 Å². The van der Waals surface area contributed by atoms with Crippen molar-refractivity contribution in [2.24, 2.45) is 0 Å². The molecule has 0 fully saturated rings. The number of methoxy groups -OCH3 is 1. The van der Waals surface area contributed by atoms with Gasteiger partial charge >= 0.3 is 0 Å². The highest BCUT2D eigenvalue weighted by atomic mass is 32.2. The lowest BCUT2D eigenvalue weighted by atomic mass is 10.2. The van der Waals surface area contributed by atoms with Gasteiger partial charge in [-0.1, -0.05) is 29.4 Å². The maximum Gasteiger partial charge on any atom is 0.187 e. The van der Waals surface area contributed by atoms with E-state index in [1.807, 2.05) is 42.5 Å². The van der Waals surface area contributed by atoms with Gasteiger partial charge in [0.1, 0.15) is 5.75 Å². The van der Waals surface area contributed by atoms with Gasteiger partial charge in [-0.05, 0) is 30.1 Å². The van der Waals surface area contributed by atoms with E-state index in [0.29, 0.717) is 17.9 Å². The third kappa shape index (κ3) is 3.43. The van der Waals surface area contributed by atoms with Crippen LogP contribution in [-0.4, -0.2) is 18.8 Å². The van der Waals surface area contributed by atoms with Gasteiger partial charge in [0.2, 0.25) is 0 Å². The summed E-state index contributed by atoms with van der Waals surface area (Å²) in [6, 6.07) is 13.8. The minimum Gasteiger partial charge on any atom is -0.495 e. The SMILES string of the molecule is C=CCNc1cc2onc(NSc3ccccc3)c2cc1OC. The van der Waals surface area contributed by atoms with Crippen LogP contribution in [0.4, 0.5) is 11.5 Å². The smallest absolute Gasteiger partial charge is 0.187 e. The van der Waals surface area contributed by atoms with E-state index in [4.69, 9.17) is 9.26 Å². The second-order valence-electron chi connectivity index (χ2n) is 4.77. The van der Waals surface area contributed by atoms with Gasteiger partial charge in [-0.25, -0.2) is 0 Å². The van der Waals surface area contributed by atoms with Crippen LogP contribution in [0, 0.1) is 0 Å². The normalized spacial score (nSPS) is 10.5. The zero-order valence-corrected chi connectivity index (χ0v) is 13.5. The lowest BCUT2D eigenvalue weighted by Crippen LogP contribution is -2.00. The number of rotatable bonds is 7. The molecule has 2 N–H and O–H groups in total. The molecule has 0 aliphatic rings. The summed E-state index contributed by atoms with van der Waals surface area (Å²) in [5.74, 6) is 1.40. The highest BCUT2D eigenvalue weighted by Crippen LogP contribution is 2.35. The first-order chi connectivity index (χ1) is 11.3. The number of ether oxygens (including phenoxy) is 1. The molecule has 0 saturated carbocycles. The Balaban J connectivity index is 1.86. The van der Waals surface area contributed by atoms with Crippen LogP contribution < -0.4 is 14.8 Å². The van der Waals surface area contributed by atoms with Crippen molar-refractivity contribution >= 4 is 34.4 Å². The Morgan fingerprint density at radius 2 is 2.13 bits per heavy atom. The van der Waals surface area contributed by atoms with Crippen molar-refractivity contribution in [1.82, 2.24) is 5.16 Å². The third-order valence-electron chi connectivity index (χ3n) is 3.24. The van der Waals surface area contributed by atoms with E-state index in [2.05, 4.69) is 21.8 Å². The van der Waals surface area contributed by atoms with Crippen molar-refractivity contribution in [3.8, 4) is 5.75 Å². The Kier molecular flexibility index (Phi) is 4.73. The molecule has 5 nitrogen and oxygen atoms in total. The Hall–Kier alpha value is -2.60. The number of nitrogens with one attached hydrogen (secondary N) is 2. The molecule has 3 rings (SSSR count). The summed E-state index contributed by atoms with van der Waals surface area (Å²) in [6.07, 6.45) is 1.79. The number of hydrogen-bond acceptors (Lipinski definition) is 6. The summed E-state index contributed by atoms with van der Waals surface area (Å²) in [5, 5.41) is 8.18. The summed E-state index contributed by atoms with van der Waals surface area (Å²) < 4.78 is 14.1. The molecule has 2 aromatic carbocycles. The van der Waals surface area contributed by atoms with Crippen molar-refractivity contribution in [2.45, 2.75) is 4.90 Å². The van der Waals surface area contributed by atoms with Crippen molar-refractivity contribution in [3.05, 3.63) is 55.1 Å². The van der Waals surface area contributed by atoms with Crippen LogP contribution in [0.2, 0.25) is 0 Å². The molecule has 6 heteroatoms. The lowest BCUT2D eigenvalue weighted by molar-refractivity contribution is 0.416. The molecule has 118 valence electrons. The molecule has 1 aromatic heterocycles.